The molecule has 2 N–H and O–H groups in total. The Kier molecular flexibility index (Phi) is 5.72. The van der Waals surface area contributed by atoms with E-state index in [2.05, 4.69) is 20.7 Å². The van der Waals surface area contributed by atoms with Crippen LogP contribution in [0, 0.1) is 10.1 Å². The van der Waals surface area contributed by atoms with Gasteiger partial charge < -0.3 is 0 Å². The van der Waals surface area contributed by atoms with Crippen LogP contribution in [-0.4, -0.2) is 26.7 Å². The van der Waals surface area contributed by atoms with Crippen LogP contribution < -0.4 is 5.43 Å². The molecular weight excluding hydrogens is 405 g/mol. The Morgan fingerprint density at radius 2 is 1.89 bits per heavy atom. The molecule has 0 aliphatic rings. The number of amides is 1. The van der Waals surface area contributed by atoms with E-state index < -0.39 is 10.8 Å². The highest BCUT2D eigenvalue weighted by atomic mass is 35.5. The maximum Gasteiger partial charge on any atom is 0.289 e. The summed E-state index contributed by atoms with van der Waals surface area (Å²) in [4.78, 5) is 22.5. The molecule has 0 saturated carbocycles. The molecule has 0 fully saturated rings. The van der Waals surface area contributed by atoms with Gasteiger partial charge in [0.25, 0.3) is 11.6 Å². The van der Waals surface area contributed by atoms with Gasteiger partial charge in [-0.05, 0) is 48.9 Å². The van der Waals surface area contributed by atoms with Crippen molar-refractivity contribution in [2.75, 3.05) is 0 Å². The molecule has 0 bridgehead atoms. The molecule has 1 amide bonds. The predicted octanol–water partition coefficient (Wildman–Crippen LogP) is 4.45. The van der Waals surface area contributed by atoms with Crippen molar-refractivity contribution in [2.24, 2.45) is 5.10 Å². The van der Waals surface area contributed by atoms with E-state index in [0.717, 1.165) is 0 Å². The van der Waals surface area contributed by atoms with E-state index in [1.807, 2.05) is 0 Å². The lowest BCUT2D eigenvalue weighted by atomic mass is 10.1. The number of H-pyrrole nitrogens is 1. The number of benzene rings is 2. The number of nitrogens with zero attached hydrogens (tertiary/aromatic N) is 3. The van der Waals surface area contributed by atoms with Gasteiger partial charge in [-0.25, -0.2) is 5.43 Å². The molecule has 3 aromatic rings. The molecule has 0 unspecified atom stereocenters. The van der Waals surface area contributed by atoms with Crippen LogP contribution in [0.4, 0.5) is 5.69 Å². The minimum Gasteiger partial charge on any atom is -0.272 e. The average molecular weight is 418 g/mol. The molecule has 8 nitrogen and oxygen atoms in total. The molecule has 0 radical (unpaired) electrons. The minimum absolute atomic E-state index is 0.0218. The van der Waals surface area contributed by atoms with Crippen molar-refractivity contribution in [2.45, 2.75) is 6.92 Å². The number of rotatable bonds is 5. The van der Waals surface area contributed by atoms with Gasteiger partial charge in [0.2, 0.25) is 0 Å². The topological polar surface area (TPSA) is 113 Å². The molecular formula is C18H13Cl2N5O3. The third-order valence-corrected chi connectivity index (χ3v) is 4.40. The van der Waals surface area contributed by atoms with Crippen LogP contribution in [0.2, 0.25) is 10.0 Å². The molecule has 3 rings (SSSR count). The molecule has 0 atom stereocenters. The first-order valence-corrected chi connectivity index (χ1v) is 8.71. The Labute approximate surface area is 169 Å². The van der Waals surface area contributed by atoms with Crippen LogP contribution >= 0.6 is 23.2 Å². The van der Waals surface area contributed by atoms with Crippen molar-refractivity contribution in [3.8, 4) is 11.3 Å². The number of aromatic amines is 1. The number of non-ortho nitro benzene ring substituents is 1. The largest absolute Gasteiger partial charge is 0.289 e. The number of nitro groups is 1. The summed E-state index contributed by atoms with van der Waals surface area (Å²) in [6, 6.07) is 12.4. The van der Waals surface area contributed by atoms with E-state index in [-0.39, 0.29) is 11.4 Å². The third-order valence-electron chi connectivity index (χ3n) is 3.85. The summed E-state index contributed by atoms with van der Waals surface area (Å²) in [6.45, 7) is 1.67. The predicted molar refractivity (Wildman–Crippen MR) is 107 cm³/mol. The van der Waals surface area contributed by atoms with Crippen LogP contribution in [0.5, 0.6) is 0 Å². The molecule has 2 aromatic carbocycles. The lowest BCUT2D eigenvalue weighted by molar-refractivity contribution is -0.384. The van der Waals surface area contributed by atoms with Crippen molar-refractivity contribution in [1.29, 1.82) is 0 Å². The van der Waals surface area contributed by atoms with Gasteiger partial charge in [-0.3, -0.25) is 20.0 Å². The highest BCUT2D eigenvalue weighted by Crippen LogP contribution is 2.29. The smallest absolute Gasteiger partial charge is 0.272 e. The molecule has 0 spiro atoms. The zero-order valence-electron chi connectivity index (χ0n) is 14.4. The Balaban J connectivity index is 1.72. The van der Waals surface area contributed by atoms with Crippen molar-refractivity contribution in [1.82, 2.24) is 15.6 Å². The second-order valence-electron chi connectivity index (χ2n) is 5.73. The fraction of sp³-hybridized carbons (Fsp3) is 0.0556. The van der Waals surface area contributed by atoms with Crippen LogP contribution in [0.3, 0.4) is 0 Å². The number of hydrogen-bond donors (Lipinski definition) is 2. The fourth-order valence-corrected chi connectivity index (χ4v) is 2.86. The van der Waals surface area contributed by atoms with E-state index in [9.17, 15) is 14.9 Å². The van der Waals surface area contributed by atoms with E-state index in [4.69, 9.17) is 23.2 Å². The number of carbonyl (C=O) groups is 1. The number of halogens is 2. The maximum absolute atomic E-state index is 12.3. The summed E-state index contributed by atoms with van der Waals surface area (Å²) in [5, 5.41) is 22.3. The summed E-state index contributed by atoms with van der Waals surface area (Å²) in [5.74, 6) is -0.495. The van der Waals surface area contributed by atoms with Gasteiger partial charge in [-0.2, -0.15) is 10.2 Å². The Hall–Kier alpha value is -3.23. The summed E-state index contributed by atoms with van der Waals surface area (Å²) in [7, 11) is 0. The monoisotopic (exact) mass is 417 g/mol. The lowest BCUT2D eigenvalue weighted by Crippen LogP contribution is -2.19. The van der Waals surface area contributed by atoms with Crippen molar-refractivity contribution >= 4 is 40.5 Å². The van der Waals surface area contributed by atoms with Crippen molar-refractivity contribution in [3.05, 3.63) is 79.9 Å². The quantitative estimate of drug-likeness (QED) is 0.362. The Bertz CT molecular complexity index is 1080. The van der Waals surface area contributed by atoms with E-state index in [1.54, 1.807) is 43.3 Å². The number of hydrogen-bond acceptors (Lipinski definition) is 5. The van der Waals surface area contributed by atoms with Crippen LogP contribution in [0.1, 0.15) is 23.0 Å². The Morgan fingerprint density at radius 3 is 2.54 bits per heavy atom. The zero-order chi connectivity index (χ0) is 20.3. The van der Waals surface area contributed by atoms with Crippen molar-refractivity contribution < 1.29 is 9.72 Å². The molecule has 0 saturated heterocycles. The van der Waals surface area contributed by atoms with Crippen LogP contribution in [-0.2, 0) is 0 Å². The molecule has 142 valence electrons. The molecule has 1 heterocycles. The van der Waals surface area contributed by atoms with E-state index in [0.29, 0.717) is 32.6 Å². The first-order valence-electron chi connectivity index (χ1n) is 7.95. The zero-order valence-corrected chi connectivity index (χ0v) is 16.0. The van der Waals surface area contributed by atoms with E-state index >= 15 is 0 Å². The van der Waals surface area contributed by atoms with Gasteiger partial charge in [0.05, 0.1) is 21.4 Å². The van der Waals surface area contributed by atoms with Crippen LogP contribution in [0.15, 0.2) is 53.6 Å². The standard InChI is InChI=1S/C18H13Cl2N5O3/c1-10(11-2-5-13(6-3-11)25(27)28)21-24-18(26)17-9-16(22-23-17)14-7-4-12(19)8-15(14)20/h2-9H,1H3,(H,22,23)(H,24,26)/b21-10-. The second-order valence-corrected chi connectivity index (χ2v) is 6.58. The second kappa shape index (κ2) is 8.20. The minimum atomic E-state index is -0.495. The number of nitrogens with one attached hydrogen (secondary N) is 2. The van der Waals surface area contributed by atoms with Gasteiger partial charge in [0, 0.05) is 22.7 Å². The molecule has 28 heavy (non-hydrogen) atoms. The van der Waals surface area contributed by atoms with Crippen LogP contribution in [0.25, 0.3) is 11.3 Å². The lowest BCUT2D eigenvalue weighted by Gasteiger charge is -2.02. The highest BCUT2D eigenvalue weighted by Gasteiger charge is 2.13. The maximum atomic E-state index is 12.3. The number of aromatic nitrogens is 2. The van der Waals surface area contributed by atoms with E-state index in [1.165, 1.54) is 12.1 Å². The van der Waals surface area contributed by atoms with Gasteiger partial charge in [-0.1, -0.05) is 23.2 Å². The summed E-state index contributed by atoms with van der Waals surface area (Å²) < 4.78 is 0. The average Bonchev–Trinajstić information content (AvgIpc) is 3.15. The first kappa shape index (κ1) is 19.5. The molecule has 0 aliphatic heterocycles. The van der Waals surface area contributed by atoms with Gasteiger partial charge in [0.15, 0.2) is 0 Å². The number of carbonyl (C=O) groups excluding carboxylic acids is 1. The number of hydrazone groups is 1. The van der Waals surface area contributed by atoms with Gasteiger partial charge in [0.1, 0.15) is 5.69 Å². The molecule has 10 heteroatoms. The molecule has 1 aromatic heterocycles. The molecule has 0 aliphatic carbocycles. The van der Waals surface area contributed by atoms with Gasteiger partial charge >= 0.3 is 0 Å². The van der Waals surface area contributed by atoms with Gasteiger partial charge in [-0.15, -0.1) is 0 Å². The summed E-state index contributed by atoms with van der Waals surface area (Å²) >= 11 is 12.0. The summed E-state index contributed by atoms with van der Waals surface area (Å²) in [5.41, 5.74) is 4.84. The normalized spacial score (nSPS) is 11.3. The first-order chi connectivity index (χ1) is 13.3. The summed E-state index contributed by atoms with van der Waals surface area (Å²) in [6.07, 6.45) is 0. The fourth-order valence-electron chi connectivity index (χ4n) is 2.36. The van der Waals surface area contributed by atoms with Crippen molar-refractivity contribution in [3.63, 3.8) is 0 Å². The SMILES string of the molecule is C/C(=N/NC(=O)c1cc(-c2ccc(Cl)cc2Cl)n[nH]1)c1ccc([N+](=O)[O-])cc1. The third kappa shape index (κ3) is 4.36. The Morgan fingerprint density at radius 1 is 1.18 bits per heavy atom. The number of nitro benzene ring substituents is 1. The highest BCUT2D eigenvalue weighted by molar-refractivity contribution is 6.36.